The van der Waals surface area contributed by atoms with E-state index in [9.17, 15) is 5.11 Å². The van der Waals surface area contributed by atoms with Crippen molar-refractivity contribution in [3.63, 3.8) is 0 Å². The Bertz CT molecular complexity index is 461. The van der Waals surface area contributed by atoms with Crippen LogP contribution < -0.4 is 0 Å². The van der Waals surface area contributed by atoms with Crippen molar-refractivity contribution in [2.24, 2.45) is 17.8 Å². The number of aliphatic hydroxyl groups excluding tert-OH is 1. The minimum absolute atomic E-state index is 0.135. The van der Waals surface area contributed by atoms with E-state index in [4.69, 9.17) is 9.47 Å². The van der Waals surface area contributed by atoms with Gasteiger partial charge in [0.25, 0.3) is 0 Å². The number of rotatable bonds is 3. The Morgan fingerprint density at radius 1 is 1.45 bits per heavy atom. The second-order valence-electron chi connectivity index (χ2n) is 6.02. The molecular weight excluding hydrogens is 252 g/mol. The second-order valence-corrected chi connectivity index (χ2v) is 6.02. The Hall–Kier alpha value is -1.22. The second kappa shape index (κ2) is 5.65. The molecule has 1 N–H and O–H groups in total. The zero-order chi connectivity index (χ0) is 14.1. The van der Waals surface area contributed by atoms with Crippen LogP contribution in [0.2, 0.25) is 0 Å². The average Bonchev–Trinajstić information content (AvgIpc) is 2.87. The van der Waals surface area contributed by atoms with Gasteiger partial charge in [0.2, 0.25) is 0 Å². The van der Waals surface area contributed by atoms with Crippen molar-refractivity contribution in [1.82, 2.24) is 0 Å². The SMILES string of the molecule is C/C=C\C(OC)=C1\OC2C(CO)CCC3CCC=C1C32. The van der Waals surface area contributed by atoms with E-state index in [-0.39, 0.29) is 18.6 Å². The first-order chi connectivity index (χ1) is 9.80. The highest BCUT2D eigenvalue weighted by molar-refractivity contribution is 5.41. The van der Waals surface area contributed by atoms with E-state index in [0.717, 1.165) is 24.4 Å². The fraction of sp³-hybridized carbons (Fsp3) is 0.647. The molecular formula is C17H24O3. The first-order valence-corrected chi connectivity index (χ1v) is 7.69. The predicted molar refractivity (Wildman–Crippen MR) is 77.8 cm³/mol. The zero-order valence-electron chi connectivity index (χ0n) is 12.3. The van der Waals surface area contributed by atoms with Gasteiger partial charge >= 0.3 is 0 Å². The van der Waals surface area contributed by atoms with Crippen LogP contribution in [0.15, 0.2) is 35.3 Å². The number of hydrogen-bond acceptors (Lipinski definition) is 3. The van der Waals surface area contributed by atoms with Crippen molar-refractivity contribution in [3.05, 3.63) is 35.3 Å². The molecule has 0 amide bonds. The maximum Gasteiger partial charge on any atom is 0.164 e. The molecule has 0 radical (unpaired) electrons. The largest absolute Gasteiger partial charge is 0.493 e. The van der Waals surface area contributed by atoms with Crippen molar-refractivity contribution in [1.29, 1.82) is 0 Å². The summed E-state index contributed by atoms with van der Waals surface area (Å²) in [5.41, 5.74) is 1.32. The molecule has 1 saturated heterocycles. The fourth-order valence-corrected chi connectivity index (χ4v) is 4.08. The van der Waals surface area contributed by atoms with Crippen LogP contribution in [0.3, 0.4) is 0 Å². The topological polar surface area (TPSA) is 38.7 Å². The van der Waals surface area contributed by atoms with Crippen molar-refractivity contribution in [3.8, 4) is 0 Å². The van der Waals surface area contributed by atoms with Gasteiger partial charge in [-0.1, -0.05) is 12.2 Å². The maximum absolute atomic E-state index is 9.63. The lowest BCUT2D eigenvalue weighted by Gasteiger charge is -2.38. The lowest BCUT2D eigenvalue weighted by atomic mass is 9.66. The van der Waals surface area contributed by atoms with Crippen LogP contribution in [0.25, 0.3) is 0 Å². The first-order valence-electron chi connectivity index (χ1n) is 7.69. The molecule has 3 aliphatic rings. The predicted octanol–water partition coefficient (Wildman–Crippen LogP) is 3.17. The summed E-state index contributed by atoms with van der Waals surface area (Å²) >= 11 is 0. The van der Waals surface area contributed by atoms with Gasteiger partial charge < -0.3 is 14.6 Å². The molecule has 1 saturated carbocycles. The molecule has 3 heteroatoms. The van der Waals surface area contributed by atoms with Gasteiger partial charge in [-0.2, -0.15) is 0 Å². The molecule has 2 fully saturated rings. The van der Waals surface area contributed by atoms with Crippen LogP contribution in [-0.2, 0) is 9.47 Å². The van der Waals surface area contributed by atoms with Gasteiger partial charge in [-0.05, 0) is 44.6 Å². The third-order valence-corrected chi connectivity index (χ3v) is 5.01. The first kappa shape index (κ1) is 13.7. The number of hydrogen-bond donors (Lipinski definition) is 1. The molecule has 0 bridgehead atoms. The molecule has 1 heterocycles. The number of methoxy groups -OCH3 is 1. The van der Waals surface area contributed by atoms with E-state index in [0.29, 0.717) is 11.8 Å². The standard InChI is InChI=1S/C17H24O3/c1-3-5-14(19-2)17-13-7-4-6-11-8-9-12(10-18)16(20-17)15(11)13/h3,5,7,11-12,15-16,18H,4,6,8-10H2,1-2H3/b5-3-,17-14-. The monoisotopic (exact) mass is 276 g/mol. The molecule has 0 spiro atoms. The highest BCUT2D eigenvalue weighted by atomic mass is 16.5. The molecule has 2 aliphatic carbocycles. The van der Waals surface area contributed by atoms with Crippen molar-refractivity contribution in [2.75, 3.05) is 13.7 Å². The molecule has 20 heavy (non-hydrogen) atoms. The summed E-state index contributed by atoms with van der Waals surface area (Å²) in [6.45, 7) is 2.20. The van der Waals surface area contributed by atoms with Crippen molar-refractivity contribution >= 4 is 0 Å². The highest BCUT2D eigenvalue weighted by Gasteiger charge is 2.50. The lowest BCUT2D eigenvalue weighted by Crippen LogP contribution is -2.39. The van der Waals surface area contributed by atoms with Gasteiger partial charge in [0.1, 0.15) is 6.10 Å². The Balaban J connectivity index is 2.02. The van der Waals surface area contributed by atoms with Gasteiger partial charge in [0, 0.05) is 24.0 Å². The van der Waals surface area contributed by atoms with Crippen LogP contribution in [0.5, 0.6) is 0 Å². The normalized spacial score (nSPS) is 38.2. The summed E-state index contributed by atoms with van der Waals surface area (Å²) in [5, 5.41) is 9.63. The van der Waals surface area contributed by atoms with E-state index in [1.807, 2.05) is 19.1 Å². The van der Waals surface area contributed by atoms with Crippen molar-refractivity contribution < 1.29 is 14.6 Å². The van der Waals surface area contributed by atoms with Crippen LogP contribution in [0, 0.1) is 17.8 Å². The third-order valence-electron chi connectivity index (χ3n) is 5.01. The van der Waals surface area contributed by atoms with Crippen LogP contribution >= 0.6 is 0 Å². The summed E-state index contributed by atoms with van der Waals surface area (Å²) in [6, 6.07) is 0. The zero-order valence-corrected chi connectivity index (χ0v) is 12.3. The quantitative estimate of drug-likeness (QED) is 0.805. The molecule has 4 unspecified atom stereocenters. The van der Waals surface area contributed by atoms with E-state index < -0.39 is 0 Å². The summed E-state index contributed by atoms with van der Waals surface area (Å²) < 4.78 is 11.8. The number of allylic oxidation sites excluding steroid dienone is 4. The van der Waals surface area contributed by atoms with E-state index >= 15 is 0 Å². The summed E-state index contributed by atoms with van der Waals surface area (Å²) in [4.78, 5) is 0. The molecule has 4 atom stereocenters. The molecule has 0 aromatic rings. The van der Waals surface area contributed by atoms with Gasteiger partial charge in [-0.15, -0.1) is 0 Å². The van der Waals surface area contributed by atoms with Gasteiger partial charge in [0.05, 0.1) is 7.11 Å². The summed E-state index contributed by atoms with van der Waals surface area (Å²) in [7, 11) is 1.69. The van der Waals surface area contributed by atoms with E-state index in [2.05, 4.69) is 6.08 Å². The van der Waals surface area contributed by atoms with Crippen LogP contribution in [0.4, 0.5) is 0 Å². The van der Waals surface area contributed by atoms with Crippen molar-refractivity contribution in [2.45, 2.75) is 38.7 Å². The molecule has 0 aromatic carbocycles. The minimum Gasteiger partial charge on any atom is -0.493 e. The summed E-state index contributed by atoms with van der Waals surface area (Å²) in [5.74, 6) is 3.15. The lowest BCUT2D eigenvalue weighted by molar-refractivity contribution is -0.00999. The van der Waals surface area contributed by atoms with E-state index in [1.54, 1.807) is 7.11 Å². The van der Waals surface area contributed by atoms with Gasteiger partial charge in [-0.3, -0.25) is 0 Å². The molecule has 0 aromatic heterocycles. The Kier molecular flexibility index (Phi) is 3.88. The third kappa shape index (κ3) is 2.08. The Morgan fingerprint density at radius 2 is 2.30 bits per heavy atom. The average molecular weight is 276 g/mol. The molecule has 3 rings (SSSR count). The molecule has 1 aliphatic heterocycles. The fourth-order valence-electron chi connectivity index (χ4n) is 4.08. The Labute approximate surface area is 121 Å². The highest BCUT2D eigenvalue weighted by Crippen LogP contribution is 2.52. The number of ether oxygens (including phenoxy) is 2. The van der Waals surface area contributed by atoms with Crippen LogP contribution in [0.1, 0.15) is 32.6 Å². The van der Waals surface area contributed by atoms with Gasteiger partial charge in [-0.25, -0.2) is 0 Å². The van der Waals surface area contributed by atoms with Gasteiger partial charge in [0.15, 0.2) is 11.5 Å². The molecule has 110 valence electrons. The minimum atomic E-state index is 0.135. The van der Waals surface area contributed by atoms with Crippen LogP contribution in [-0.4, -0.2) is 24.9 Å². The Morgan fingerprint density at radius 3 is 3.00 bits per heavy atom. The smallest absolute Gasteiger partial charge is 0.164 e. The molecule has 3 nitrogen and oxygen atoms in total. The number of aliphatic hydroxyl groups is 1. The maximum atomic E-state index is 9.63. The van der Waals surface area contributed by atoms with E-state index in [1.165, 1.54) is 18.4 Å². The summed E-state index contributed by atoms with van der Waals surface area (Å²) in [6.07, 6.45) is 11.1.